The van der Waals surface area contributed by atoms with Crippen LogP contribution in [0, 0.1) is 0 Å². The Hall–Kier alpha value is -2.12. The highest BCUT2D eigenvalue weighted by molar-refractivity contribution is 7.19. The molecule has 2 aromatic carbocycles. The number of allylic oxidation sites excluding steroid dienone is 3. The minimum absolute atomic E-state index is 1.09. The number of fused-ring (bicyclic) bond motifs is 1. The largest absolute Gasteiger partial charge is 0.136 e. The van der Waals surface area contributed by atoms with Crippen LogP contribution in [-0.4, -0.2) is 0 Å². The Morgan fingerprint density at radius 2 is 1.68 bits per heavy atom. The fourth-order valence-corrected chi connectivity index (χ4v) is 3.52. The monoisotopic (exact) mass is 304 g/mol. The van der Waals surface area contributed by atoms with Crippen molar-refractivity contribution in [2.24, 2.45) is 0 Å². The summed E-state index contributed by atoms with van der Waals surface area (Å²) in [4.78, 5) is 1.30. The molecule has 0 atom stereocenters. The van der Waals surface area contributed by atoms with Gasteiger partial charge in [0, 0.05) is 9.58 Å². The average Bonchev–Trinajstić information content (AvgIpc) is 2.97. The third-order valence-electron chi connectivity index (χ3n) is 3.80. The van der Waals surface area contributed by atoms with Crippen LogP contribution in [0.1, 0.15) is 24.3 Å². The third-order valence-corrected chi connectivity index (χ3v) is 4.86. The average molecular weight is 304 g/mol. The molecule has 0 saturated heterocycles. The summed E-state index contributed by atoms with van der Waals surface area (Å²) < 4.78 is 1.34. The second-order valence-electron chi connectivity index (χ2n) is 5.34. The van der Waals surface area contributed by atoms with Gasteiger partial charge in [0.05, 0.1) is 0 Å². The Morgan fingerprint density at radius 1 is 0.909 bits per heavy atom. The molecule has 0 aliphatic carbocycles. The summed E-state index contributed by atoms with van der Waals surface area (Å²) in [5, 5.41) is 1.32. The lowest BCUT2D eigenvalue weighted by Crippen LogP contribution is -1.81. The highest BCUT2D eigenvalue weighted by Gasteiger charge is 2.03. The molecule has 0 unspecified atom stereocenters. The van der Waals surface area contributed by atoms with Crippen LogP contribution in [-0.2, 0) is 6.42 Å². The maximum atomic E-state index is 2.30. The molecule has 1 heteroatoms. The van der Waals surface area contributed by atoms with Crippen LogP contribution in [0.15, 0.2) is 66.8 Å². The number of hydrogen-bond donors (Lipinski definition) is 0. The summed E-state index contributed by atoms with van der Waals surface area (Å²) in [6.45, 7) is 4.22. The summed E-state index contributed by atoms with van der Waals surface area (Å²) in [5.41, 5.74) is 3.97. The topological polar surface area (TPSA) is 0 Å². The van der Waals surface area contributed by atoms with E-state index in [1.54, 1.807) is 0 Å². The zero-order valence-corrected chi connectivity index (χ0v) is 13.9. The van der Waals surface area contributed by atoms with Gasteiger partial charge in [0.15, 0.2) is 0 Å². The molecule has 0 fully saturated rings. The molecule has 110 valence electrons. The second-order valence-corrected chi connectivity index (χ2v) is 6.45. The van der Waals surface area contributed by atoms with Gasteiger partial charge in [-0.3, -0.25) is 0 Å². The quantitative estimate of drug-likeness (QED) is 0.469. The standard InChI is InChI=1S/C21H20S/c1-3-5-6-7-20-14-19-13-12-18(15-21(19)22-20)17-10-8-16(4-2)9-11-17/h3,5-15H,4H2,1-2H3/b5-3-,7-6-. The Kier molecular flexibility index (Phi) is 4.55. The van der Waals surface area contributed by atoms with Gasteiger partial charge < -0.3 is 0 Å². The van der Waals surface area contributed by atoms with Crippen LogP contribution in [0.4, 0.5) is 0 Å². The highest BCUT2D eigenvalue weighted by Crippen LogP contribution is 2.31. The minimum Gasteiger partial charge on any atom is -0.136 e. The van der Waals surface area contributed by atoms with Crippen LogP contribution < -0.4 is 0 Å². The molecule has 0 radical (unpaired) electrons. The van der Waals surface area contributed by atoms with Crippen molar-refractivity contribution in [3.8, 4) is 11.1 Å². The molecule has 1 heterocycles. The molecule has 3 rings (SSSR count). The number of thiophene rings is 1. The van der Waals surface area contributed by atoms with Crippen molar-refractivity contribution in [1.82, 2.24) is 0 Å². The maximum Gasteiger partial charge on any atom is 0.0355 e. The van der Waals surface area contributed by atoms with E-state index in [2.05, 4.69) is 73.7 Å². The summed E-state index contributed by atoms with van der Waals surface area (Å²) in [6.07, 6.45) is 9.45. The van der Waals surface area contributed by atoms with E-state index >= 15 is 0 Å². The molecule has 0 spiro atoms. The van der Waals surface area contributed by atoms with Crippen molar-refractivity contribution in [2.45, 2.75) is 20.3 Å². The fourth-order valence-electron chi connectivity index (χ4n) is 2.51. The second kappa shape index (κ2) is 6.76. The number of aryl methyl sites for hydroxylation is 1. The summed E-state index contributed by atoms with van der Waals surface area (Å²) >= 11 is 1.84. The molecule has 3 aromatic rings. The first-order valence-corrected chi connectivity index (χ1v) is 8.54. The Bertz CT molecular complexity index is 817. The maximum absolute atomic E-state index is 2.30. The van der Waals surface area contributed by atoms with Gasteiger partial charge >= 0.3 is 0 Å². The lowest BCUT2D eigenvalue weighted by molar-refractivity contribution is 1.14. The molecule has 1 aromatic heterocycles. The van der Waals surface area contributed by atoms with Gasteiger partial charge in [0.2, 0.25) is 0 Å². The van der Waals surface area contributed by atoms with Crippen molar-refractivity contribution in [2.75, 3.05) is 0 Å². The van der Waals surface area contributed by atoms with Gasteiger partial charge in [-0.15, -0.1) is 11.3 Å². The van der Waals surface area contributed by atoms with E-state index in [4.69, 9.17) is 0 Å². The van der Waals surface area contributed by atoms with Crippen molar-refractivity contribution < 1.29 is 0 Å². The molecule has 0 saturated carbocycles. The minimum atomic E-state index is 1.09. The highest BCUT2D eigenvalue weighted by atomic mass is 32.1. The SMILES string of the molecule is C/C=C\C=C/c1cc2ccc(-c3ccc(CC)cc3)cc2s1. The molecular formula is C21H20S. The number of hydrogen-bond acceptors (Lipinski definition) is 1. The van der Waals surface area contributed by atoms with Crippen LogP contribution in [0.2, 0.25) is 0 Å². The molecule has 0 nitrogen and oxygen atoms in total. The summed E-state index contributed by atoms with van der Waals surface area (Å²) in [7, 11) is 0. The molecule has 0 aliphatic rings. The van der Waals surface area contributed by atoms with E-state index in [1.165, 1.54) is 31.7 Å². The fraction of sp³-hybridized carbons (Fsp3) is 0.143. The lowest BCUT2D eigenvalue weighted by atomic mass is 10.0. The van der Waals surface area contributed by atoms with Gasteiger partial charge in [-0.25, -0.2) is 0 Å². The zero-order valence-electron chi connectivity index (χ0n) is 13.0. The van der Waals surface area contributed by atoms with Gasteiger partial charge in [-0.2, -0.15) is 0 Å². The zero-order chi connectivity index (χ0) is 15.4. The van der Waals surface area contributed by atoms with E-state index in [0.29, 0.717) is 0 Å². The third kappa shape index (κ3) is 3.20. The summed E-state index contributed by atoms with van der Waals surface area (Å²) in [6, 6.07) is 17.9. The van der Waals surface area contributed by atoms with Gasteiger partial charge in [0.25, 0.3) is 0 Å². The predicted molar refractivity (Wildman–Crippen MR) is 100 cm³/mol. The van der Waals surface area contributed by atoms with Crippen LogP contribution in [0.25, 0.3) is 27.3 Å². The number of rotatable bonds is 4. The molecule has 0 N–H and O–H groups in total. The van der Waals surface area contributed by atoms with Crippen molar-refractivity contribution >= 4 is 27.5 Å². The van der Waals surface area contributed by atoms with Crippen LogP contribution in [0.3, 0.4) is 0 Å². The van der Waals surface area contributed by atoms with Crippen molar-refractivity contribution in [3.05, 3.63) is 77.2 Å². The van der Waals surface area contributed by atoms with E-state index in [1.807, 2.05) is 24.3 Å². The predicted octanol–water partition coefficient (Wildman–Crippen LogP) is 6.72. The van der Waals surface area contributed by atoms with E-state index in [-0.39, 0.29) is 0 Å². The molecule has 0 aliphatic heterocycles. The first kappa shape index (κ1) is 14.8. The normalized spacial score (nSPS) is 11.9. The van der Waals surface area contributed by atoms with E-state index in [0.717, 1.165) is 6.42 Å². The van der Waals surface area contributed by atoms with Crippen LogP contribution in [0.5, 0.6) is 0 Å². The Morgan fingerprint density at radius 3 is 2.41 bits per heavy atom. The smallest absolute Gasteiger partial charge is 0.0355 e. The first-order valence-electron chi connectivity index (χ1n) is 7.72. The summed E-state index contributed by atoms with van der Waals surface area (Å²) in [5.74, 6) is 0. The van der Waals surface area contributed by atoms with E-state index in [9.17, 15) is 0 Å². The first-order chi connectivity index (χ1) is 10.8. The number of benzene rings is 2. The van der Waals surface area contributed by atoms with Gasteiger partial charge in [-0.1, -0.05) is 61.5 Å². The Labute approximate surface area is 136 Å². The lowest BCUT2D eigenvalue weighted by Gasteiger charge is -2.03. The van der Waals surface area contributed by atoms with Gasteiger partial charge in [0.1, 0.15) is 0 Å². The molecule has 22 heavy (non-hydrogen) atoms. The molecule has 0 bridgehead atoms. The Balaban J connectivity index is 1.94. The van der Waals surface area contributed by atoms with Crippen molar-refractivity contribution in [1.29, 1.82) is 0 Å². The molecular weight excluding hydrogens is 284 g/mol. The van der Waals surface area contributed by atoms with Crippen molar-refractivity contribution in [3.63, 3.8) is 0 Å². The van der Waals surface area contributed by atoms with E-state index < -0.39 is 0 Å². The van der Waals surface area contributed by atoms with Gasteiger partial charge in [-0.05, 0) is 53.6 Å². The molecule has 0 amide bonds. The van der Waals surface area contributed by atoms with Crippen LogP contribution >= 0.6 is 11.3 Å².